The van der Waals surface area contributed by atoms with Crippen molar-refractivity contribution in [1.29, 1.82) is 0 Å². The van der Waals surface area contributed by atoms with Crippen LogP contribution in [0.2, 0.25) is 0 Å². The first kappa shape index (κ1) is 23.2. The molecule has 1 heterocycles. The molecule has 0 amide bonds. The molecule has 0 bridgehead atoms. The van der Waals surface area contributed by atoms with Crippen molar-refractivity contribution in [1.82, 2.24) is 0 Å². The fourth-order valence-electron chi connectivity index (χ4n) is 3.50. The highest BCUT2D eigenvalue weighted by atomic mass is 32.2. The van der Waals surface area contributed by atoms with E-state index >= 15 is 0 Å². The van der Waals surface area contributed by atoms with E-state index < -0.39 is 16.0 Å². The third-order valence-corrected chi connectivity index (χ3v) is 7.10. The highest BCUT2D eigenvalue weighted by Gasteiger charge is 2.31. The number of anilines is 1. The number of rotatable bonds is 7. The molecule has 0 saturated carbocycles. The molecule has 172 valence electrons. The largest absolute Gasteiger partial charge is 0.402 e. The lowest BCUT2D eigenvalue weighted by molar-refractivity contribution is -0.129. The van der Waals surface area contributed by atoms with Gasteiger partial charge in [0, 0.05) is 0 Å². The summed E-state index contributed by atoms with van der Waals surface area (Å²) >= 11 is 0. The van der Waals surface area contributed by atoms with Crippen molar-refractivity contribution in [3.05, 3.63) is 113 Å². The number of nitrogens with zero attached hydrogens (tertiary/aromatic N) is 2. The van der Waals surface area contributed by atoms with Gasteiger partial charge in [0.05, 0.1) is 22.7 Å². The minimum absolute atomic E-state index is 0.0283. The molecule has 0 radical (unpaired) electrons. The van der Waals surface area contributed by atoms with E-state index in [1.807, 2.05) is 38.1 Å². The summed E-state index contributed by atoms with van der Waals surface area (Å²) in [7, 11) is -3.91. The van der Waals surface area contributed by atoms with E-state index in [1.54, 1.807) is 54.6 Å². The highest BCUT2D eigenvalue weighted by Crippen LogP contribution is 2.30. The van der Waals surface area contributed by atoms with E-state index in [4.69, 9.17) is 4.74 Å². The van der Waals surface area contributed by atoms with Gasteiger partial charge in [-0.3, -0.25) is 4.31 Å². The molecule has 0 atom stereocenters. The molecule has 3 aromatic rings. The van der Waals surface area contributed by atoms with Gasteiger partial charge in [-0.25, -0.2) is 18.2 Å². The van der Waals surface area contributed by atoms with Crippen LogP contribution < -0.4 is 4.31 Å². The van der Waals surface area contributed by atoms with Gasteiger partial charge in [0.1, 0.15) is 0 Å². The maximum Gasteiger partial charge on any atom is 0.363 e. The summed E-state index contributed by atoms with van der Waals surface area (Å²) in [4.78, 5) is 17.1. The number of cyclic esters (lactones) is 1. The number of benzene rings is 3. The van der Waals surface area contributed by atoms with Crippen molar-refractivity contribution in [3.63, 3.8) is 0 Å². The standard InChI is InChI=1S/C27H24N2O4S/c1-4-17-29(34(31,32)22-15-11-20(3)12-16-22)25-8-6-5-7-23(25)26-28-24(27(30)33-26)18-21-13-9-19(2)10-14-21/h4-16,18H,1,17H2,2-3H3/b24-18+. The minimum atomic E-state index is -3.91. The third kappa shape index (κ3) is 4.70. The fourth-order valence-corrected chi connectivity index (χ4v) is 4.95. The van der Waals surface area contributed by atoms with Crippen molar-refractivity contribution >= 4 is 33.7 Å². The van der Waals surface area contributed by atoms with Gasteiger partial charge >= 0.3 is 5.97 Å². The predicted octanol–water partition coefficient (Wildman–Crippen LogP) is 5.03. The number of carbonyl (C=O) groups is 1. The summed E-state index contributed by atoms with van der Waals surface area (Å²) < 4.78 is 33.7. The number of aryl methyl sites for hydroxylation is 2. The summed E-state index contributed by atoms with van der Waals surface area (Å²) in [6.07, 6.45) is 3.15. The summed E-state index contributed by atoms with van der Waals surface area (Å²) in [6.45, 7) is 7.62. The molecule has 1 aliphatic rings. The summed E-state index contributed by atoms with van der Waals surface area (Å²) in [5.74, 6) is -0.547. The van der Waals surface area contributed by atoms with Gasteiger partial charge < -0.3 is 4.74 Å². The zero-order valence-electron chi connectivity index (χ0n) is 18.9. The average molecular weight is 473 g/mol. The van der Waals surface area contributed by atoms with Gasteiger partial charge in [-0.2, -0.15) is 0 Å². The molecule has 0 aromatic heterocycles. The zero-order valence-corrected chi connectivity index (χ0v) is 19.7. The van der Waals surface area contributed by atoms with Crippen LogP contribution in [0.5, 0.6) is 0 Å². The maximum atomic E-state index is 13.5. The van der Waals surface area contributed by atoms with Crippen LogP contribution in [0, 0.1) is 13.8 Å². The fraction of sp³-hybridized carbons (Fsp3) is 0.111. The molecule has 0 spiro atoms. The smallest absolute Gasteiger partial charge is 0.363 e. The van der Waals surface area contributed by atoms with Crippen LogP contribution in [0.1, 0.15) is 22.3 Å². The van der Waals surface area contributed by atoms with E-state index in [0.29, 0.717) is 11.3 Å². The number of carbonyl (C=O) groups excluding carboxylic acids is 1. The Morgan fingerprint density at radius 2 is 1.56 bits per heavy atom. The first-order valence-corrected chi connectivity index (χ1v) is 12.1. The van der Waals surface area contributed by atoms with Gasteiger partial charge in [-0.1, -0.05) is 65.7 Å². The number of aliphatic imine (C=N–C) groups is 1. The lowest BCUT2D eigenvalue weighted by Gasteiger charge is -2.25. The van der Waals surface area contributed by atoms with Crippen molar-refractivity contribution < 1.29 is 17.9 Å². The van der Waals surface area contributed by atoms with Crippen LogP contribution in [0.4, 0.5) is 5.69 Å². The molecule has 0 saturated heterocycles. The molecular formula is C27H24N2O4S. The third-order valence-electron chi connectivity index (χ3n) is 5.31. The summed E-state index contributed by atoms with van der Waals surface area (Å²) in [5, 5.41) is 0. The summed E-state index contributed by atoms with van der Waals surface area (Å²) in [5.41, 5.74) is 3.74. The molecule has 4 rings (SSSR count). The van der Waals surface area contributed by atoms with Gasteiger partial charge in [0.15, 0.2) is 5.70 Å². The molecular weight excluding hydrogens is 448 g/mol. The van der Waals surface area contributed by atoms with Crippen LogP contribution in [-0.2, 0) is 19.6 Å². The lowest BCUT2D eigenvalue weighted by Crippen LogP contribution is -2.32. The van der Waals surface area contributed by atoms with Gasteiger partial charge in [-0.15, -0.1) is 6.58 Å². The van der Waals surface area contributed by atoms with Crippen LogP contribution >= 0.6 is 0 Å². The molecule has 1 aliphatic heterocycles. The van der Waals surface area contributed by atoms with Gasteiger partial charge in [0.2, 0.25) is 5.90 Å². The second-order valence-electron chi connectivity index (χ2n) is 7.90. The summed E-state index contributed by atoms with van der Waals surface area (Å²) in [6, 6.07) is 21.1. The van der Waals surface area contributed by atoms with Gasteiger partial charge in [0.25, 0.3) is 10.0 Å². The minimum Gasteiger partial charge on any atom is -0.402 e. The molecule has 7 heteroatoms. The van der Waals surface area contributed by atoms with Crippen molar-refractivity contribution in [2.75, 3.05) is 10.8 Å². The Morgan fingerprint density at radius 3 is 2.21 bits per heavy atom. The molecule has 0 N–H and O–H groups in total. The second-order valence-corrected chi connectivity index (χ2v) is 9.76. The Hall–Kier alpha value is -3.97. The lowest BCUT2D eigenvalue weighted by atomic mass is 10.1. The predicted molar refractivity (Wildman–Crippen MR) is 134 cm³/mol. The Labute approximate surface area is 199 Å². The van der Waals surface area contributed by atoms with Crippen LogP contribution in [0.3, 0.4) is 0 Å². The Morgan fingerprint density at radius 1 is 0.941 bits per heavy atom. The van der Waals surface area contributed by atoms with Crippen LogP contribution in [0.15, 0.2) is 101 Å². The normalized spacial score (nSPS) is 14.6. The number of hydrogen-bond donors (Lipinski definition) is 0. The maximum absolute atomic E-state index is 13.5. The zero-order chi connectivity index (χ0) is 24.3. The molecule has 6 nitrogen and oxygen atoms in total. The van der Waals surface area contributed by atoms with Crippen molar-refractivity contribution in [2.45, 2.75) is 18.7 Å². The Kier molecular flexibility index (Phi) is 6.47. The Bertz CT molecular complexity index is 1400. The topological polar surface area (TPSA) is 76.0 Å². The van der Waals surface area contributed by atoms with Crippen molar-refractivity contribution in [2.24, 2.45) is 4.99 Å². The van der Waals surface area contributed by atoms with Crippen LogP contribution in [0.25, 0.3) is 6.08 Å². The van der Waals surface area contributed by atoms with Crippen LogP contribution in [-0.4, -0.2) is 26.8 Å². The molecule has 0 unspecified atom stereocenters. The SMILES string of the molecule is C=CCN(c1ccccc1C1=N/C(=C/c2ccc(C)cc2)C(=O)O1)S(=O)(=O)c1ccc(C)cc1. The Balaban J connectivity index is 1.77. The second kappa shape index (κ2) is 9.49. The van der Waals surface area contributed by atoms with E-state index in [-0.39, 0.29) is 23.0 Å². The number of ether oxygens (including phenoxy) is 1. The number of esters is 1. The molecule has 34 heavy (non-hydrogen) atoms. The first-order chi connectivity index (χ1) is 16.3. The monoisotopic (exact) mass is 472 g/mol. The number of sulfonamides is 1. The van der Waals surface area contributed by atoms with E-state index in [9.17, 15) is 13.2 Å². The number of hydrogen-bond acceptors (Lipinski definition) is 5. The average Bonchev–Trinajstić information content (AvgIpc) is 3.19. The van der Waals surface area contributed by atoms with E-state index in [0.717, 1.165) is 16.7 Å². The molecule has 0 aliphatic carbocycles. The highest BCUT2D eigenvalue weighted by molar-refractivity contribution is 7.92. The first-order valence-electron chi connectivity index (χ1n) is 10.7. The quantitative estimate of drug-likeness (QED) is 0.275. The van der Waals surface area contributed by atoms with Gasteiger partial charge in [-0.05, 0) is 49.8 Å². The molecule has 3 aromatic carbocycles. The number of para-hydroxylation sites is 1. The van der Waals surface area contributed by atoms with Crippen molar-refractivity contribution in [3.8, 4) is 0 Å². The molecule has 0 fully saturated rings. The van der Waals surface area contributed by atoms with E-state index in [1.165, 1.54) is 10.4 Å². The van der Waals surface area contributed by atoms with E-state index in [2.05, 4.69) is 11.6 Å².